The number of hydrogen-bond acceptors (Lipinski definition) is 3. The number of rotatable bonds is 9. The molecule has 2 heterocycles. The van der Waals surface area contributed by atoms with Crippen LogP contribution >= 0.6 is 0 Å². The van der Waals surface area contributed by atoms with Crippen LogP contribution in [0, 0.1) is 0 Å². The summed E-state index contributed by atoms with van der Waals surface area (Å²) in [6.45, 7) is 4.57. The monoisotopic (exact) mass is 481 g/mol. The molecule has 186 valence electrons. The van der Waals surface area contributed by atoms with Gasteiger partial charge in [0.1, 0.15) is 11.4 Å². The second-order valence-electron chi connectivity index (χ2n) is 9.70. The Morgan fingerprint density at radius 3 is 2.47 bits per heavy atom. The molecule has 1 aromatic heterocycles. The molecule has 5 rings (SSSR count). The van der Waals surface area contributed by atoms with Crippen molar-refractivity contribution in [3.05, 3.63) is 101 Å². The molecule has 1 aliphatic rings. The van der Waals surface area contributed by atoms with E-state index in [4.69, 9.17) is 0 Å². The van der Waals surface area contributed by atoms with Gasteiger partial charge in [-0.3, -0.25) is 4.79 Å². The summed E-state index contributed by atoms with van der Waals surface area (Å²) in [7, 11) is 0. The number of aromatic nitrogens is 1. The first-order chi connectivity index (χ1) is 17.7. The smallest absolute Gasteiger partial charge is 0.268 e. The summed E-state index contributed by atoms with van der Waals surface area (Å²) in [4.78, 5) is 13.8. The first-order valence-corrected chi connectivity index (χ1v) is 13.1. The summed E-state index contributed by atoms with van der Waals surface area (Å²) in [5.41, 5.74) is 5.02. The minimum Gasteiger partial charge on any atom is -0.508 e. The third-order valence-electron chi connectivity index (χ3n) is 7.27. The number of phenolic OH excluding ortho intramolecular Hbond substituents is 1. The van der Waals surface area contributed by atoms with E-state index in [1.54, 1.807) is 12.1 Å². The van der Waals surface area contributed by atoms with Gasteiger partial charge in [-0.2, -0.15) is 0 Å². The molecule has 0 spiro atoms. The van der Waals surface area contributed by atoms with E-state index < -0.39 is 0 Å². The van der Waals surface area contributed by atoms with E-state index >= 15 is 0 Å². The molecule has 0 radical (unpaired) electrons. The minimum atomic E-state index is -0.148. The number of para-hydroxylation sites is 1. The first kappa shape index (κ1) is 24.1. The third-order valence-corrected chi connectivity index (χ3v) is 7.27. The Labute approximate surface area is 213 Å². The maximum Gasteiger partial charge on any atom is 0.268 e. The molecule has 0 aliphatic carbocycles. The van der Waals surface area contributed by atoms with Gasteiger partial charge in [-0.15, -0.1) is 0 Å². The summed E-state index contributed by atoms with van der Waals surface area (Å²) >= 11 is 0. The number of fused-ring (bicyclic) bond motifs is 1. The number of carbonyl (C=O) groups excluding carboxylic acids is 1. The van der Waals surface area contributed by atoms with E-state index in [2.05, 4.69) is 58.5 Å². The third kappa shape index (κ3) is 4.89. The Morgan fingerprint density at radius 1 is 1.03 bits per heavy atom. The molecular weight excluding hydrogens is 446 g/mol. The Morgan fingerprint density at radius 2 is 1.75 bits per heavy atom. The summed E-state index contributed by atoms with van der Waals surface area (Å²) in [5.74, 6) is 0.0602. The van der Waals surface area contributed by atoms with Crippen LogP contribution in [0.1, 0.15) is 65.7 Å². The minimum absolute atomic E-state index is 0.0258. The van der Waals surface area contributed by atoms with Gasteiger partial charge in [-0.1, -0.05) is 67.6 Å². The van der Waals surface area contributed by atoms with E-state index in [9.17, 15) is 9.90 Å². The van der Waals surface area contributed by atoms with Crippen molar-refractivity contribution < 1.29 is 9.90 Å². The van der Waals surface area contributed by atoms with Crippen molar-refractivity contribution in [2.75, 3.05) is 13.1 Å². The second-order valence-corrected chi connectivity index (χ2v) is 9.70. The highest BCUT2D eigenvalue weighted by Crippen LogP contribution is 2.40. The van der Waals surface area contributed by atoms with Gasteiger partial charge in [0.15, 0.2) is 0 Å². The SMILES string of the molecule is CCCNC(=O)c1c(C(c2ccccc2)c2ccc(O)cc2)c2ccccc2n1CCC1CCCN1. The molecule has 1 aliphatic heterocycles. The fourth-order valence-corrected chi connectivity index (χ4v) is 5.55. The molecule has 2 unspecified atom stereocenters. The number of aryl methyl sites for hydroxylation is 1. The molecule has 4 aromatic rings. The zero-order valence-electron chi connectivity index (χ0n) is 20.9. The van der Waals surface area contributed by atoms with Gasteiger partial charge >= 0.3 is 0 Å². The molecule has 3 N–H and O–H groups in total. The van der Waals surface area contributed by atoms with Gasteiger partial charge in [0.25, 0.3) is 5.91 Å². The van der Waals surface area contributed by atoms with Crippen LogP contribution < -0.4 is 10.6 Å². The van der Waals surface area contributed by atoms with Crippen LogP contribution in [0.15, 0.2) is 78.9 Å². The normalized spacial score (nSPS) is 16.3. The molecule has 0 bridgehead atoms. The number of phenols is 1. The van der Waals surface area contributed by atoms with Crippen molar-refractivity contribution >= 4 is 16.8 Å². The van der Waals surface area contributed by atoms with Crippen molar-refractivity contribution in [3.8, 4) is 5.75 Å². The van der Waals surface area contributed by atoms with Crippen LogP contribution in [0.3, 0.4) is 0 Å². The molecule has 5 nitrogen and oxygen atoms in total. The standard InChI is InChI=1S/C31H35N3O2/c1-2-19-33-31(36)30-29(28(22-9-4-3-5-10-22)23-14-16-25(35)17-15-23)26-12-6-7-13-27(26)34(30)21-18-24-11-8-20-32-24/h3-7,9-10,12-17,24,28,32,35H,2,8,11,18-21H2,1H3,(H,33,36). The Kier molecular flexibility index (Phi) is 7.38. The number of aromatic hydroxyl groups is 1. The quantitative estimate of drug-likeness (QED) is 0.283. The maximum atomic E-state index is 13.8. The van der Waals surface area contributed by atoms with Crippen LogP contribution in [0.5, 0.6) is 5.75 Å². The largest absolute Gasteiger partial charge is 0.508 e. The van der Waals surface area contributed by atoms with E-state index in [0.717, 1.165) is 59.2 Å². The number of amides is 1. The molecule has 1 saturated heterocycles. The van der Waals surface area contributed by atoms with Gasteiger partial charge in [0, 0.05) is 41.5 Å². The molecule has 1 fully saturated rings. The highest BCUT2D eigenvalue weighted by Gasteiger charge is 2.30. The summed E-state index contributed by atoms with van der Waals surface area (Å²) in [6.07, 6.45) is 4.27. The van der Waals surface area contributed by atoms with Crippen molar-refractivity contribution in [1.82, 2.24) is 15.2 Å². The highest BCUT2D eigenvalue weighted by atomic mass is 16.3. The number of nitrogens with zero attached hydrogens (tertiary/aromatic N) is 1. The van der Waals surface area contributed by atoms with Gasteiger partial charge in [0.05, 0.1) is 0 Å². The molecule has 2 atom stereocenters. The summed E-state index contributed by atoms with van der Waals surface area (Å²) in [6, 6.07) is 26.6. The van der Waals surface area contributed by atoms with Crippen molar-refractivity contribution in [1.29, 1.82) is 0 Å². The van der Waals surface area contributed by atoms with Crippen LogP contribution in [-0.4, -0.2) is 34.7 Å². The lowest BCUT2D eigenvalue weighted by atomic mass is 9.83. The molecule has 1 amide bonds. The zero-order chi connectivity index (χ0) is 24.9. The predicted octanol–water partition coefficient (Wildman–Crippen LogP) is 5.81. The van der Waals surface area contributed by atoms with Gasteiger partial charge in [-0.05, 0) is 61.6 Å². The number of benzene rings is 3. The highest BCUT2D eigenvalue weighted by molar-refractivity contribution is 6.02. The van der Waals surface area contributed by atoms with E-state index in [1.165, 1.54) is 12.8 Å². The number of hydrogen-bond donors (Lipinski definition) is 3. The molecular formula is C31H35N3O2. The summed E-state index contributed by atoms with van der Waals surface area (Å²) < 4.78 is 2.24. The van der Waals surface area contributed by atoms with Crippen LogP contribution in [0.25, 0.3) is 10.9 Å². The second kappa shape index (κ2) is 11.0. The molecule has 36 heavy (non-hydrogen) atoms. The lowest BCUT2D eigenvalue weighted by molar-refractivity contribution is 0.0943. The fourth-order valence-electron chi connectivity index (χ4n) is 5.55. The number of nitrogens with one attached hydrogen (secondary N) is 2. The lowest BCUT2D eigenvalue weighted by Gasteiger charge is -2.21. The Hall–Kier alpha value is -3.57. The fraction of sp³-hybridized carbons (Fsp3) is 0.323. The van der Waals surface area contributed by atoms with Crippen LogP contribution in [-0.2, 0) is 6.54 Å². The van der Waals surface area contributed by atoms with Crippen LogP contribution in [0.4, 0.5) is 0 Å². The number of carbonyl (C=O) groups is 1. The van der Waals surface area contributed by atoms with Gasteiger partial charge < -0.3 is 20.3 Å². The topological polar surface area (TPSA) is 66.3 Å². The predicted molar refractivity (Wildman–Crippen MR) is 146 cm³/mol. The zero-order valence-corrected chi connectivity index (χ0v) is 20.9. The first-order valence-electron chi connectivity index (χ1n) is 13.1. The molecule has 0 saturated carbocycles. The van der Waals surface area contributed by atoms with E-state index in [-0.39, 0.29) is 17.6 Å². The molecule has 5 heteroatoms. The summed E-state index contributed by atoms with van der Waals surface area (Å²) in [5, 5.41) is 17.9. The van der Waals surface area contributed by atoms with Crippen LogP contribution in [0.2, 0.25) is 0 Å². The molecule has 3 aromatic carbocycles. The van der Waals surface area contributed by atoms with Crippen molar-refractivity contribution in [3.63, 3.8) is 0 Å². The average Bonchev–Trinajstić information content (AvgIpc) is 3.54. The van der Waals surface area contributed by atoms with Gasteiger partial charge in [-0.25, -0.2) is 0 Å². The van der Waals surface area contributed by atoms with Crippen molar-refractivity contribution in [2.45, 2.75) is 51.1 Å². The van der Waals surface area contributed by atoms with Crippen molar-refractivity contribution in [2.24, 2.45) is 0 Å². The van der Waals surface area contributed by atoms with Gasteiger partial charge in [0.2, 0.25) is 0 Å². The lowest BCUT2D eigenvalue weighted by Crippen LogP contribution is -2.29. The van der Waals surface area contributed by atoms with E-state index in [0.29, 0.717) is 12.6 Å². The maximum absolute atomic E-state index is 13.8. The van der Waals surface area contributed by atoms with E-state index in [1.807, 2.05) is 30.3 Å². The average molecular weight is 482 g/mol. The Bertz CT molecular complexity index is 1310. The Balaban J connectivity index is 1.73.